The molecule has 0 radical (unpaired) electrons. The van der Waals surface area contributed by atoms with Crippen LogP contribution in [0.4, 0.5) is 17.6 Å². The lowest BCUT2D eigenvalue weighted by molar-refractivity contribution is -0.143. The van der Waals surface area contributed by atoms with Gasteiger partial charge in [-0.1, -0.05) is 61.9 Å². The van der Waals surface area contributed by atoms with Crippen LogP contribution in [0.5, 0.6) is 0 Å². The first-order chi connectivity index (χ1) is 29.4. The number of likely N-dealkylation sites (tertiary alicyclic amines) is 1. The highest BCUT2D eigenvalue weighted by molar-refractivity contribution is 6.38. The minimum atomic E-state index is -2.46. The maximum absolute atomic E-state index is 15.1. The van der Waals surface area contributed by atoms with Crippen LogP contribution in [0.2, 0.25) is 0 Å². The highest BCUT2D eigenvalue weighted by Gasteiger charge is 2.47. The number of aromatic carboxylic acids is 1. The van der Waals surface area contributed by atoms with E-state index in [0.717, 1.165) is 22.4 Å². The molecule has 2 aromatic rings. The van der Waals surface area contributed by atoms with Crippen LogP contribution in [0.1, 0.15) is 123 Å². The summed E-state index contributed by atoms with van der Waals surface area (Å²) in [5.74, 6) is -20.2. The molecule has 6 amide bonds. The van der Waals surface area contributed by atoms with E-state index >= 15 is 4.39 Å². The zero-order valence-electron chi connectivity index (χ0n) is 35.9. The molecule has 5 unspecified atom stereocenters. The van der Waals surface area contributed by atoms with E-state index in [-0.39, 0.29) is 25.8 Å². The number of nitrogens with two attached hydrogens (primary N) is 1. The topological polar surface area (TPSA) is 243 Å². The Balaban J connectivity index is 1.58. The van der Waals surface area contributed by atoms with Crippen molar-refractivity contribution >= 4 is 47.2 Å². The molecule has 0 aromatic heterocycles. The van der Waals surface area contributed by atoms with Crippen molar-refractivity contribution in [2.75, 3.05) is 13.1 Å². The van der Waals surface area contributed by atoms with Crippen molar-refractivity contribution in [1.29, 1.82) is 0 Å². The SMILES string of the molecule is CCCC(NC(=O)C1CC(OC(C)(C)C)CN1C(=O)C(NC(=O)c1c(F)c(F)c(F)c(F)c1C(=O)O)C1CCCCC1)C(=O)C(=O)NCC(=O)NC(C(N)=O)c1cc(C)cc(C)c1. The number of carbonyl (C=O) groups is 8. The third-order valence-electron chi connectivity index (χ3n) is 10.8. The van der Waals surface area contributed by atoms with Crippen LogP contribution in [0.25, 0.3) is 0 Å². The van der Waals surface area contributed by atoms with Gasteiger partial charge in [0.2, 0.25) is 29.4 Å². The van der Waals surface area contributed by atoms with Crippen molar-refractivity contribution < 1.29 is 65.8 Å². The Bertz CT molecular complexity index is 2120. The number of primary amides is 1. The van der Waals surface area contributed by atoms with Gasteiger partial charge in [0.05, 0.1) is 29.9 Å². The van der Waals surface area contributed by atoms with E-state index in [9.17, 15) is 56.6 Å². The Kier molecular flexibility index (Phi) is 16.6. The molecule has 0 spiro atoms. The minimum absolute atomic E-state index is 0.0632. The Morgan fingerprint density at radius 1 is 0.857 bits per heavy atom. The van der Waals surface area contributed by atoms with Crippen molar-refractivity contribution in [3.05, 3.63) is 69.3 Å². The molecule has 2 aromatic carbocycles. The van der Waals surface area contributed by atoms with Gasteiger partial charge in [-0.25, -0.2) is 22.4 Å². The van der Waals surface area contributed by atoms with E-state index in [1.54, 1.807) is 53.7 Å². The summed E-state index contributed by atoms with van der Waals surface area (Å²) < 4.78 is 64.3. The van der Waals surface area contributed by atoms with Crippen LogP contribution in [0.15, 0.2) is 18.2 Å². The molecule has 2 aliphatic rings. The quantitative estimate of drug-likeness (QED) is 0.0586. The Labute approximate surface area is 361 Å². The van der Waals surface area contributed by atoms with Crippen molar-refractivity contribution in [1.82, 2.24) is 26.2 Å². The second kappa shape index (κ2) is 21.0. The summed E-state index contributed by atoms with van der Waals surface area (Å²) in [4.78, 5) is 107. The molecule has 1 aliphatic heterocycles. The average Bonchev–Trinajstić information content (AvgIpc) is 3.62. The van der Waals surface area contributed by atoms with Gasteiger partial charge < -0.3 is 41.7 Å². The molecular formula is C43H54F4N6O10. The maximum atomic E-state index is 15.1. The van der Waals surface area contributed by atoms with E-state index in [4.69, 9.17) is 10.5 Å². The first kappa shape index (κ1) is 49.7. The summed E-state index contributed by atoms with van der Waals surface area (Å²) in [6, 6.07) is -0.575. The smallest absolute Gasteiger partial charge is 0.339 e. The van der Waals surface area contributed by atoms with E-state index in [1.807, 2.05) is 6.07 Å². The van der Waals surface area contributed by atoms with Crippen molar-refractivity contribution in [3.8, 4) is 0 Å². The number of hydrogen-bond acceptors (Lipinski definition) is 9. The van der Waals surface area contributed by atoms with Crippen molar-refractivity contribution in [2.24, 2.45) is 11.7 Å². The fourth-order valence-corrected chi connectivity index (χ4v) is 8.10. The molecule has 16 nitrogen and oxygen atoms in total. The van der Waals surface area contributed by atoms with Crippen LogP contribution < -0.4 is 27.0 Å². The molecule has 1 saturated carbocycles. The highest BCUT2D eigenvalue weighted by Crippen LogP contribution is 2.32. The molecule has 1 heterocycles. The molecule has 63 heavy (non-hydrogen) atoms. The number of benzene rings is 2. The lowest BCUT2D eigenvalue weighted by atomic mass is 9.83. The zero-order valence-corrected chi connectivity index (χ0v) is 35.9. The van der Waals surface area contributed by atoms with Gasteiger partial charge in [0.15, 0.2) is 23.3 Å². The van der Waals surface area contributed by atoms with Gasteiger partial charge in [-0.2, -0.15) is 0 Å². The van der Waals surface area contributed by atoms with Crippen molar-refractivity contribution in [2.45, 2.75) is 129 Å². The maximum Gasteiger partial charge on any atom is 0.339 e. The number of carbonyl (C=O) groups excluding carboxylic acids is 7. The van der Waals surface area contributed by atoms with Gasteiger partial charge in [-0.05, 0) is 65.4 Å². The van der Waals surface area contributed by atoms with Crippen LogP contribution in [-0.2, 0) is 33.5 Å². The van der Waals surface area contributed by atoms with E-state index < -0.39 is 130 Å². The first-order valence-electron chi connectivity index (χ1n) is 20.6. The fraction of sp³-hybridized carbons (Fsp3) is 0.535. The van der Waals surface area contributed by atoms with E-state index in [0.29, 0.717) is 31.2 Å². The number of ether oxygens (including phenoxy) is 1. The Hall–Kier alpha value is -5.92. The number of nitrogens with zero attached hydrogens (tertiary/aromatic N) is 1. The number of carboxylic acids is 1. The average molecular weight is 891 g/mol. The van der Waals surface area contributed by atoms with Gasteiger partial charge in [-0.3, -0.25) is 33.6 Å². The minimum Gasteiger partial charge on any atom is -0.478 e. The largest absolute Gasteiger partial charge is 0.478 e. The summed E-state index contributed by atoms with van der Waals surface area (Å²) in [7, 11) is 0. The summed E-state index contributed by atoms with van der Waals surface area (Å²) in [5.41, 5.74) is 3.28. The van der Waals surface area contributed by atoms with Crippen LogP contribution in [0.3, 0.4) is 0 Å². The number of ketones is 1. The van der Waals surface area contributed by atoms with Crippen molar-refractivity contribution in [3.63, 3.8) is 0 Å². The third kappa shape index (κ3) is 12.4. The summed E-state index contributed by atoms with van der Waals surface area (Å²) >= 11 is 0. The third-order valence-corrected chi connectivity index (χ3v) is 10.8. The number of amides is 6. The summed E-state index contributed by atoms with van der Waals surface area (Å²) in [6.45, 7) is 9.42. The molecule has 2 fully saturated rings. The monoisotopic (exact) mass is 890 g/mol. The summed E-state index contributed by atoms with van der Waals surface area (Å²) in [6.07, 6.45) is 1.79. The van der Waals surface area contributed by atoms with Crippen LogP contribution >= 0.6 is 0 Å². The second-order valence-corrected chi connectivity index (χ2v) is 17.0. The number of aryl methyl sites for hydroxylation is 2. The first-order valence-corrected chi connectivity index (χ1v) is 20.6. The van der Waals surface area contributed by atoms with Crippen LogP contribution in [-0.4, -0.2) is 100 Å². The highest BCUT2D eigenvalue weighted by atomic mass is 19.2. The van der Waals surface area contributed by atoms with Gasteiger partial charge in [0.25, 0.3) is 11.8 Å². The molecule has 7 N–H and O–H groups in total. The number of carboxylic acid groups (broad SMARTS) is 1. The summed E-state index contributed by atoms with van der Waals surface area (Å²) in [5, 5.41) is 19.0. The molecule has 1 saturated heterocycles. The lowest BCUT2D eigenvalue weighted by Gasteiger charge is -2.35. The molecule has 20 heteroatoms. The molecule has 5 atom stereocenters. The number of nitrogens with one attached hydrogen (secondary N) is 4. The number of Topliss-reactive ketones (excluding diaryl/α,β-unsaturated/α-hetero) is 1. The second-order valence-electron chi connectivity index (χ2n) is 17.0. The number of halogens is 4. The van der Waals surface area contributed by atoms with Gasteiger partial charge in [-0.15, -0.1) is 0 Å². The zero-order chi connectivity index (χ0) is 47.1. The predicted octanol–water partition coefficient (Wildman–Crippen LogP) is 3.33. The molecule has 4 rings (SSSR count). The van der Waals surface area contributed by atoms with Gasteiger partial charge in [0, 0.05) is 13.0 Å². The number of rotatable bonds is 17. The van der Waals surface area contributed by atoms with Crippen LogP contribution in [0, 0.1) is 43.0 Å². The Morgan fingerprint density at radius 3 is 1.98 bits per heavy atom. The van der Waals surface area contributed by atoms with Gasteiger partial charge >= 0.3 is 5.97 Å². The van der Waals surface area contributed by atoms with E-state index in [2.05, 4.69) is 21.3 Å². The predicted molar refractivity (Wildman–Crippen MR) is 217 cm³/mol. The Morgan fingerprint density at radius 2 is 1.44 bits per heavy atom. The number of hydrogen-bond donors (Lipinski definition) is 6. The normalized spacial score (nSPS) is 18.2. The standard InChI is InChI=1S/C43H54F4N6O10/c1-7-11-25(36(55)40(59)49-18-27(54)51-34(37(48)56)23-15-20(2)14-21(3)16-23)50-38(57)26-17-24(63-43(4,5)6)19-53(26)41(60)35(22-12-9-8-10-13-22)52-39(58)28-29(42(61)62)31(45)33(47)32(46)30(28)44/h14-16,22,24-26,34-35H,7-13,17-19H2,1-6H3,(H2,48,56)(H,49,59)(H,50,57)(H,51,54)(H,52,58)(H,61,62). The van der Waals surface area contributed by atoms with E-state index in [1.165, 1.54) is 0 Å². The lowest BCUT2D eigenvalue weighted by Crippen LogP contribution is -2.58. The molecule has 0 bridgehead atoms. The fourth-order valence-electron chi connectivity index (χ4n) is 8.10. The molecule has 344 valence electrons. The molecule has 1 aliphatic carbocycles. The van der Waals surface area contributed by atoms with Gasteiger partial charge in [0.1, 0.15) is 23.7 Å². The molecular weight excluding hydrogens is 836 g/mol.